The Hall–Kier alpha value is -2.54. The molecular weight excluding hydrogens is 422 g/mol. The van der Waals surface area contributed by atoms with E-state index < -0.39 is 17.8 Å². The van der Waals surface area contributed by atoms with Crippen LogP contribution < -0.4 is 10.6 Å². The first-order valence-electron chi connectivity index (χ1n) is 8.02. The highest BCUT2D eigenvalue weighted by Crippen LogP contribution is 2.35. The molecule has 8 heteroatoms. The quantitative estimate of drug-likeness (QED) is 0.510. The molecule has 0 aliphatic heterocycles. The Morgan fingerprint density at radius 2 is 1.64 bits per heavy atom. The van der Waals surface area contributed by atoms with Gasteiger partial charge in [0.2, 0.25) is 0 Å². The zero-order valence-electron chi connectivity index (χ0n) is 14.2. The lowest BCUT2D eigenvalue weighted by molar-refractivity contribution is 0.0963. The number of hydrogen-bond acceptors (Lipinski definition) is 3. The Balaban J connectivity index is 1.63. The van der Waals surface area contributed by atoms with Crippen LogP contribution in [0.3, 0.4) is 0 Å². The number of urea groups is 1. The van der Waals surface area contributed by atoms with Crippen LogP contribution in [-0.2, 0) is 0 Å². The largest absolute Gasteiger partial charge is 0.326 e. The fraction of sp³-hybridized carbons (Fsp3) is 0. The van der Waals surface area contributed by atoms with E-state index in [2.05, 4.69) is 10.6 Å². The first kappa shape index (κ1) is 20.2. The van der Waals surface area contributed by atoms with Gasteiger partial charge in [0.15, 0.2) is 0 Å². The molecular formula is C20H13Cl2FN2O2S. The van der Waals surface area contributed by atoms with E-state index in [1.54, 1.807) is 30.3 Å². The van der Waals surface area contributed by atoms with Crippen LogP contribution in [0.1, 0.15) is 10.4 Å². The summed E-state index contributed by atoms with van der Waals surface area (Å²) in [5, 5.41) is 5.65. The third-order valence-electron chi connectivity index (χ3n) is 3.58. The van der Waals surface area contributed by atoms with Crippen molar-refractivity contribution >= 4 is 52.6 Å². The van der Waals surface area contributed by atoms with Crippen molar-refractivity contribution < 1.29 is 14.0 Å². The first-order valence-corrected chi connectivity index (χ1v) is 9.59. The summed E-state index contributed by atoms with van der Waals surface area (Å²) in [7, 11) is 0. The van der Waals surface area contributed by atoms with Gasteiger partial charge in [-0.25, -0.2) is 9.18 Å². The van der Waals surface area contributed by atoms with Gasteiger partial charge in [-0.1, -0.05) is 47.1 Å². The zero-order chi connectivity index (χ0) is 20.1. The van der Waals surface area contributed by atoms with Crippen molar-refractivity contribution in [3.63, 3.8) is 0 Å². The van der Waals surface area contributed by atoms with Gasteiger partial charge in [0, 0.05) is 20.5 Å². The monoisotopic (exact) mass is 434 g/mol. The Bertz CT molecular complexity index is 1030. The van der Waals surface area contributed by atoms with Crippen LogP contribution in [0.4, 0.5) is 14.9 Å². The Kier molecular flexibility index (Phi) is 6.57. The number of amides is 3. The Labute approximate surface area is 175 Å². The maximum atomic E-state index is 13.6. The standard InChI is InChI=1S/C20H13Cl2FN2O2S/c21-12-5-8-14(9-6-12)28-18-10-7-13(11-16(18)22)24-20(27)25-19(26)15-3-1-2-4-17(15)23/h1-11H,(H2,24,25,26,27). The highest BCUT2D eigenvalue weighted by molar-refractivity contribution is 7.99. The highest BCUT2D eigenvalue weighted by Gasteiger charge is 2.14. The minimum absolute atomic E-state index is 0.217. The minimum atomic E-state index is -0.836. The maximum absolute atomic E-state index is 13.6. The summed E-state index contributed by atoms with van der Waals surface area (Å²) in [6.45, 7) is 0. The van der Waals surface area contributed by atoms with Crippen LogP contribution in [0.2, 0.25) is 10.0 Å². The van der Waals surface area contributed by atoms with Crippen LogP contribution in [-0.4, -0.2) is 11.9 Å². The number of hydrogen-bond donors (Lipinski definition) is 2. The molecule has 0 saturated heterocycles. The van der Waals surface area contributed by atoms with Crippen LogP contribution in [0, 0.1) is 5.82 Å². The third kappa shape index (κ3) is 5.25. The molecule has 0 bridgehead atoms. The molecule has 0 aliphatic rings. The minimum Gasteiger partial charge on any atom is -0.308 e. The van der Waals surface area contributed by atoms with E-state index in [4.69, 9.17) is 23.2 Å². The van der Waals surface area contributed by atoms with Gasteiger partial charge in [-0.05, 0) is 54.6 Å². The predicted octanol–water partition coefficient (Wildman–Crippen LogP) is 6.25. The number of rotatable bonds is 4. The molecule has 0 heterocycles. The predicted molar refractivity (Wildman–Crippen MR) is 110 cm³/mol. The van der Waals surface area contributed by atoms with Gasteiger partial charge in [-0.2, -0.15) is 0 Å². The Morgan fingerprint density at radius 3 is 2.32 bits per heavy atom. The molecule has 2 N–H and O–H groups in total. The Morgan fingerprint density at radius 1 is 0.929 bits per heavy atom. The van der Waals surface area contributed by atoms with Crippen LogP contribution in [0.15, 0.2) is 76.5 Å². The number of imide groups is 1. The van der Waals surface area contributed by atoms with Gasteiger partial charge < -0.3 is 5.32 Å². The normalized spacial score (nSPS) is 10.4. The fourth-order valence-corrected chi connectivity index (χ4v) is 3.51. The number of halogens is 3. The summed E-state index contributed by atoms with van der Waals surface area (Å²) in [4.78, 5) is 25.7. The van der Waals surface area contributed by atoms with E-state index in [-0.39, 0.29) is 5.56 Å². The van der Waals surface area contributed by atoms with Gasteiger partial charge in [0.1, 0.15) is 5.82 Å². The molecule has 4 nitrogen and oxygen atoms in total. The van der Waals surface area contributed by atoms with Crippen molar-refractivity contribution in [3.05, 3.63) is 88.2 Å². The van der Waals surface area contributed by atoms with Crippen molar-refractivity contribution in [1.29, 1.82) is 0 Å². The van der Waals surface area contributed by atoms with Crippen LogP contribution >= 0.6 is 35.0 Å². The molecule has 3 amide bonds. The molecule has 3 aromatic carbocycles. The second kappa shape index (κ2) is 9.10. The van der Waals surface area contributed by atoms with E-state index in [1.807, 2.05) is 12.1 Å². The van der Waals surface area contributed by atoms with Crippen molar-refractivity contribution in [2.45, 2.75) is 9.79 Å². The number of nitrogens with one attached hydrogen (secondary N) is 2. The maximum Gasteiger partial charge on any atom is 0.326 e. The van der Waals surface area contributed by atoms with E-state index in [0.29, 0.717) is 15.7 Å². The number of benzene rings is 3. The molecule has 0 unspecified atom stereocenters. The number of anilines is 1. The van der Waals surface area contributed by atoms with E-state index in [1.165, 1.54) is 30.0 Å². The fourth-order valence-electron chi connectivity index (χ4n) is 2.27. The molecule has 0 aliphatic carbocycles. The molecule has 0 atom stereocenters. The lowest BCUT2D eigenvalue weighted by Gasteiger charge is -2.10. The van der Waals surface area contributed by atoms with Gasteiger partial charge in [0.05, 0.1) is 10.6 Å². The second-order valence-electron chi connectivity index (χ2n) is 5.59. The highest BCUT2D eigenvalue weighted by atomic mass is 35.5. The topological polar surface area (TPSA) is 58.2 Å². The summed E-state index contributed by atoms with van der Waals surface area (Å²) in [5.74, 6) is -1.55. The lowest BCUT2D eigenvalue weighted by Crippen LogP contribution is -2.34. The molecule has 0 radical (unpaired) electrons. The van der Waals surface area contributed by atoms with E-state index in [0.717, 1.165) is 15.9 Å². The van der Waals surface area contributed by atoms with Gasteiger partial charge in [-0.15, -0.1) is 0 Å². The van der Waals surface area contributed by atoms with Crippen LogP contribution in [0.5, 0.6) is 0 Å². The summed E-state index contributed by atoms with van der Waals surface area (Å²) in [6, 6.07) is 16.9. The lowest BCUT2D eigenvalue weighted by atomic mass is 10.2. The average molecular weight is 435 g/mol. The van der Waals surface area contributed by atoms with Crippen molar-refractivity contribution in [2.75, 3.05) is 5.32 Å². The molecule has 142 valence electrons. The summed E-state index contributed by atoms with van der Waals surface area (Å²) in [6.07, 6.45) is 0. The van der Waals surface area contributed by atoms with E-state index in [9.17, 15) is 14.0 Å². The first-order chi connectivity index (χ1) is 13.4. The SMILES string of the molecule is O=C(NC(=O)c1ccccc1F)Nc1ccc(Sc2ccc(Cl)cc2)c(Cl)c1. The van der Waals surface area contributed by atoms with Crippen molar-refractivity contribution in [2.24, 2.45) is 0 Å². The molecule has 28 heavy (non-hydrogen) atoms. The number of carbonyl (C=O) groups is 2. The smallest absolute Gasteiger partial charge is 0.308 e. The molecule has 3 aromatic rings. The summed E-state index contributed by atoms with van der Waals surface area (Å²) >= 11 is 13.6. The summed E-state index contributed by atoms with van der Waals surface area (Å²) < 4.78 is 13.6. The van der Waals surface area contributed by atoms with Gasteiger partial charge >= 0.3 is 6.03 Å². The zero-order valence-corrected chi connectivity index (χ0v) is 16.5. The van der Waals surface area contributed by atoms with Crippen molar-refractivity contribution in [1.82, 2.24) is 5.32 Å². The molecule has 3 rings (SSSR count). The number of carbonyl (C=O) groups excluding carboxylic acids is 2. The van der Waals surface area contributed by atoms with Crippen molar-refractivity contribution in [3.8, 4) is 0 Å². The van der Waals surface area contributed by atoms with Crippen LogP contribution in [0.25, 0.3) is 0 Å². The van der Waals surface area contributed by atoms with Gasteiger partial charge in [0.25, 0.3) is 5.91 Å². The van der Waals surface area contributed by atoms with E-state index >= 15 is 0 Å². The molecule has 0 aromatic heterocycles. The third-order valence-corrected chi connectivity index (χ3v) is 5.34. The average Bonchev–Trinajstić information content (AvgIpc) is 2.66. The molecule has 0 fully saturated rings. The second-order valence-corrected chi connectivity index (χ2v) is 7.55. The molecule has 0 spiro atoms. The summed E-state index contributed by atoms with van der Waals surface area (Å²) in [5.41, 5.74) is 0.176. The van der Waals surface area contributed by atoms with Gasteiger partial charge in [-0.3, -0.25) is 10.1 Å². The molecule has 0 saturated carbocycles.